The van der Waals surface area contributed by atoms with E-state index < -0.39 is 0 Å². The monoisotopic (exact) mass is 341 g/mol. The molecule has 0 atom stereocenters. The molecule has 0 aliphatic rings. The van der Waals surface area contributed by atoms with E-state index in [4.69, 9.17) is 4.74 Å². The Bertz CT molecular complexity index is 511. The van der Waals surface area contributed by atoms with Crippen molar-refractivity contribution in [3.05, 3.63) is 39.6 Å². The van der Waals surface area contributed by atoms with Crippen LogP contribution in [0.4, 0.5) is 11.6 Å². The predicted octanol–water partition coefficient (Wildman–Crippen LogP) is 3.14. The van der Waals surface area contributed by atoms with Crippen LogP contribution >= 0.6 is 22.6 Å². The predicted molar refractivity (Wildman–Crippen MR) is 75.8 cm³/mol. The van der Waals surface area contributed by atoms with Gasteiger partial charge in [-0.1, -0.05) is 0 Å². The molecule has 2 rings (SSSR count). The summed E-state index contributed by atoms with van der Waals surface area (Å²) in [6, 6.07) is 7.91. The number of hydrogen-bond acceptors (Lipinski definition) is 4. The van der Waals surface area contributed by atoms with Crippen molar-refractivity contribution in [3.63, 3.8) is 0 Å². The lowest BCUT2D eigenvalue weighted by Gasteiger charge is -2.07. The first-order chi connectivity index (χ1) is 8.17. The SMILES string of the molecule is COc1ccnc(Nc2cc(C)cc(I)c2)n1. The summed E-state index contributed by atoms with van der Waals surface area (Å²) in [5.74, 6) is 1.08. The van der Waals surface area contributed by atoms with Crippen LogP contribution in [0.1, 0.15) is 5.56 Å². The van der Waals surface area contributed by atoms with Crippen molar-refractivity contribution >= 4 is 34.2 Å². The maximum Gasteiger partial charge on any atom is 0.230 e. The highest BCUT2D eigenvalue weighted by atomic mass is 127. The summed E-state index contributed by atoms with van der Waals surface area (Å²) in [6.07, 6.45) is 1.66. The smallest absolute Gasteiger partial charge is 0.230 e. The van der Waals surface area contributed by atoms with Gasteiger partial charge in [-0.2, -0.15) is 4.98 Å². The molecule has 0 bridgehead atoms. The third kappa shape index (κ3) is 3.29. The molecule has 0 saturated carbocycles. The minimum absolute atomic E-state index is 0.533. The highest BCUT2D eigenvalue weighted by Crippen LogP contribution is 2.19. The van der Waals surface area contributed by atoms with Gasteiger partial charge in [-0.15, -0.1) is 0 Å². The summed E-state index contributed by atoms with van der Waals surface area (Å²) in [4.78, 5) is 8.34. The Kier molecular flexibility index (Phi) is 3.78. The molecular weight excluding hydrogens is 329 g/mol. The van der Waals surface area contributed by atoms with Crippen LogP contribution in [-0.4, -0.2) is 17.1 Å². The average molecular weight is 341 g/mol. The van der Waals surface area contributed by atoms with Crippen molar-refractivity contribution in [1.82, 2.24) is 9.97 Å². The number of hydrogen-bond donors (Lipinski definition) is 1. The van der Waals surface area contributed by atoms with Gasteiger partial charge >= 0.3 is 0 Å². The van der Waals surface area contributed by atoms with E-state index in [9.17, 15) is 0 Å². The van der Waals surface area contributed by atoms with Crippen molar-refractivity contribution in [1.29, 1.82) is 0 Å². The van der Waals surface area contributed by atoms with Gasteiger partial charge in [-0.05, 0) is 53.3 Å². The molecule has 1 N–H and O–H groups in total. The lowest BCUT2D eigenvalue weighted by atomic mass is 10.2. The molecule has 17 heavy (non-hydrogen) atoms. The molecule has 0 aliphatic heterocycles. The van der Waals surface area contributed by atoms with Crippen LogP contribution in [0, 0.1) is 10.5 Å². The number of aromatic nitrogens is 2. The van der Waals surface area contributed by atoms with Crippen molar-refractivity contribution in [2.24, 2.45) is 0 Å². The zero-order valence-electron chi connectivity index (χ0n) is 9.57. The summed E-state index contributed by atoms with van der Waals surface area (Å²) in [7, 11) is 1.59. The van der Waals surface area contributed by atoms with E-state index in [-0.39, 0.29) is 0 Å². The fourth-order valence-corrected chi connectivity index (χ4v) is 2.28. The molecule has 0 spiro atoms. The fraction of sp³-hybridized carbons (Fsp3) is 0.167. The second kappa shape index (κ2) is 5.31. The van der Waals surface area contributed by atoms with Gasteiger partial charge in [0.25, 0.3) is 0 Å². The van der Waals surface area contributed by atoms with Gasteiger partial charge < -0.3 is 10.1 Å². The number of aryl methyl sites for hydroxylation is 1. The molecule has 0 amide bonds. The second-order valence-corrected chi connectivity index (χ2v) is 4.81. The van der Waals surface area contributed by atoms with Gasteiger partial charge in [0.15, 0.2) is 0 Å². The number of methoxy groups -OCH3 is 1. The Hall–Kier alpha value is -1.37. The average Bonchev–Trinajstić information content (AvgIpc) is 2.28. The molecule has 1 heterocycles. The van der Waals surface area contributed by atoms with Gasteiger partial charge in [0, 0.05) is 21.5 Å². The standard InChI is InChI=1S/C12H12IN3O/c1-8-5-9(13)7-10(6-8)15-12-14-4-3-11(16-12)17-2/h3-7H,1-2H3,(H,14,15,16). The number of anilines is 2. The number of ether oxygens (including phenoxy) is 1. The molecule has 88 valence electrons. The van der Waals surface area contributed by atoms with Gasteiger partial charge in [0.05, 0.1) is 7.11 Å². The van der Waals surface area contributed by atoms with Crippen LogP contribution in [-0.2, 0) is 0 Å². The van der Waals surface area contributed by atoms with Crippen LogP contribution in [0.5, 0.6) is 5.88 Å². The molecule has 5 heteroatoms. The second-order valence-electron chi connectivity index (χ2n) is 3.56. The molecule has 0 aliphatic carbocycles. The number of nitrogens with zero attached hydrogens (tertiary/aromatic N) is 2. The van der Waals surface area contributed by atoms with E-state index >= 15 is 0 Å². The maximum absolute atomic E-state index is 5.05. The van der Waals surface area contributed by atoms with Crippen molar-refractivity contribution in [2.45, 2.75) is 6.92 Å². The molecule has 1 aromatic carbocycles. The highest BCUT2D eigenvalue weighted by molar-refractivity contribution is 14.1. The van der Waals surface area contributed by atoms with E-state index in [0.29, 0.717) is 11.8 Å². The first kappa shape index (κ1) is 12.1. The van der Waals surface area contributed by atoms with E-state index in [1.165, 1.54) is 9.13 Å². The van der Waals surface area contributed by atoms with E-state index in [2.05, 4.69) is 50.9 Å². The largest absolute Gasteiger partial charge is 0.481 e. The number of benzene rings is 1. The molecule has 0 fully saturated rings. The normalized spacial score (nSPS) is 10.1. The van der Waals surface area contributed by atoms with Crippen LogP contribution in [0.3, 0.4) is 0 Å². The van der Waals surface area contributed by atoms with Crippen LogP contribution in [0.2, 0.25) is 0 Å². The summed E-state index contributed by atoms with van der Waals surface area (Å²) in [6.45, 7) is 2.06. The summed E-state index contributed by atoms with van der Waals surface area (Å²) in [5.41, 5.74) is 2.17. The van der Waals surface area contributed by atoms with Crippen LogP contribution in [0.15, 0.2) is 30.5 Å². The van der Waals surface area contributed by atoms with E-state index in [1.54, 1.807) is 19.4 Å². The summed E-state index contributed by atoms with van der Waals surface area (Å²) >= 11 is 2.28. The lowest BCUT2D eigenvalue weighted by molar-refractivity contribution is 0.397. The Morgan fingerprint density at radius 3 is 2.82 bits per heavy atom. The lowest BCUT2D eigenvalue weighted by Crippen LogP contribution is -1.98. The van der Waals surface area contributed by atoms with Gasteiger partial charge in [0.2, 0.25) is 11.8 Å². The Balaban J connectivity index is 2.24. The van der Waals surface area contributed by atoms with E-state index in [0.717, 1.165) is 5.69 Å². The number of nitrogens with one attached hydrogen (secondary N) is 1. The van der Waals surface area contributed by atoms with Crippen molar-refractivity contribution in [3.8, 4) is 5.88 Å². The van der Waals surface area contributed by atoms with Gasteiger partial charge in [-0.3, -0.25) is 0 Å². The third-order valence-corrected chi connectivity index (χ3v) is 2.76. The van der Waals surface area contributed by atoms with E-state index in [1.807, 2.05) is 12.1 Å². The molecule has 1 aromatic heterocycles. The van der Waals surface area contributed by atoms with Gasteiger partial charge in [0.1, 0.15) is 0 Å². The molecule has 0 saturated heterocycles. The van der Waals surface area contributed by atoms with Crippen LogP contribution in [0.25, 0.3) is 0 Å². The Labute approximate surface area is 114 Å². The highest BCUT2D eigenvalue weighted by Gasteiger charge is 2.01. The molecule has 2 aromatic rings. The molecule has 0 radical (unpaired) electrons. The minimum Gasteiger partial charge on any atom is -0.481 e. The van der Waals surface area contributed by atoms with Crippen LogP contribution < -0.4 is 10.1 Å². The summed E-state index contributed by atoms with van der Waals surface area (Å²) in [5, 5.41) is 3.15. The summed E-state index contributed by atoms with van der Waals surface area (Å²) < 4.78 is 6.22. The molecular formula is C12H12IN3O. The quantitative estimate of drug-likeness (QED) is 0.872. The molecule has 4 nitrogen and oxygen atoms in total. The van der Waals surface area contributed by atoms with Crippen molar-refractivity contribution in [2.75, 3.05) is 12.4 Å². The Morgan fingerprint density at radius 2 is 2.12 bits per heavy atom. The zero-order chi connectivity index (χ0) is 12.3. The zero-order valence-corrected chi connectivity index (χ0v) is 11.7. The fourth-order valence-electron chi connectivity index (χ4n) is 1.45. The topological polar surface area (TPSA) is 47.0 Å². The third-order valence-electron chi connectivity index (χ3n) is 2.14. The Morgan fingerprint density at radius 1 is 1.29 bits per heavy atom. The van der Waals surface area contributed by atoms with Gasteiger partial charge in [-0.25, -0.2) is 4.98 Å². The number of halogens is 1. The maximum atomic E-state index is 5.05. The number of rotatable bonds is 3. The van der Waals surface area contributed by atoms with Crippen molar-refractivity contribution < 1.29 is 4.74 Å². The minimum atomic E-state index is 0.533. The molecule has 0 unspecified atom stereocenters. The first-order valence-electron chi connectivity index (χ1n) is 5.08. The first-order valence-corrected chi connectivity index (χ1v) is 6.16.